The highest BCUT2D eigenvalue weighted by Crippen LogP contribution is 2.36. The van der Waals surface area contributed by atoms with Crippen LogP contribution in [0.25, 0.3) is 11.1 Å². The molecule has 1 unspecified atom stereocenters. The number of carbonyl (C=O) groups is 2. The van der Waals surface area contributed by atoms with Gasteiger partial charge in [-0.2, -0.15) is 5.10 Å². The molecule has 0 saturated carbocycles. The van der Waals surface area contributed by atoms with Crippen molar-refractivity contribution in [2.75, 3.05) is 10.6 Å². The van der Waals surface area contributed by atoms with Gasteiger partial charge in [0, 0.05) is 22.7 Å². The maximum Gasteiger partial charge on any atom is 0.271 e. The van der Waals surface area contributed by atoms with Gasteiger partial charge in [0.15, 0.2) is 0 Å². The Bertz CT molecular complexity index is 1190. The Labute approximate surface area is 175 Å². The van der Waals surface area contributed by atoms with E-state index in [-0.39, 0.29) is 18.0 Å². The summed E-state index contributed by atoms with van der Waals surface area (Å²) in [6.07, 6.45) is 1.44. The lowest BCUT2D eigenvalue weighted by Gasteiger charge is -2.11. The van der Waals surface area contributed by atoms with Gasteiger partial charge in [0.1, 0.15) is 11.9 Å². The highest BCUT2D eigenvalue weighted by atomic mass is 35.5. The largest absolute Gasteiger partial charge is 0.326 e. The predicted octanol–water partition coefficient (Wildman–Crippen LogP) is 3.94. The summed E-state index contributed by atoms with van der Waals surface area (Å²) < 4.78 is 1.47. The molecule has 3 aromatic rings. The molecule has 0 spiro atoms. The van der Waals surface area contributed by atoms with Crippen LogP contribution in [0.15, 0.2) is 48.7 Å². The van der Waals surface area contributed by atoms with Crippen molar-refractivity contribution in [3.8, 4) is 11.1 Å². The summed E-state index contributed by atoms with van der Waals surface area (Å²) in [5, 5.41) is 21.2. The van der Waals surface area contributed by atoms with Crippen LogP contribution in [0.4, 0.5) is 17.2 Å². The molecule has 1 aliphatic heterocycles. The predicted molar refractivity (Wildman–Crippen MR) is 111 cm³/mol. The maximum atomic E-state index is 12.6. The zero-order chi connectivity index (χ0) is 21.4. The summed E-state index contributed by atoms with van der Waals surface area (Å²) in [6, 6.07) is 10.5. The van der Waals surface area contributed by atoms with Gasteiger partial charge in [-0.25, -0.2) is 4.68 Å². The van der Waals surface area contributed by atoms with Crippen molar-refractivity contribution in [2.45, 2.75) is 19.4 Å². The van der Waals surface area contributed by atoms with Gasteiger partial charge < -0.3 is 10.6 Å². The van der Waals surface area contributed by atoms with E-state index >= 15 is 0 Å². The van der Waals surface area contributed by atoms with Gasteiger partial charge in [-0.05, 0) is 30.2 Å². The van der Waals surface area contributed by atoms with E-state index in [2.05, 4.69) is 15.7 Å². The summed E-state index contributed by atoms with van der Waals surface area (Å²) in [6.45, 7) is 1.73. The average Bonchev–Trinajstić information content (AvgIpc) is 3.23. The smallest absolute Gasteiger partial charge is 0.271 e. The number of benzene rings is 2. The van der Waals surface area contributed by atoms with Crippen LogP contribution in [0.5, 0.6) is 0 Å². The number of halogens is 1. The third kappa shape index (κ3) is 3.62. The molecule has 152 valence electrons. The lowest BCUT2D eigenvalue weighted by Crippen LogP contribution is -2.23. The summed E-state index contributed by atoms with van der Waals surface area (Å²) in [4.78, 5) is 35.5. The number of anilines is 2. The van der Waals surface area contributed by atoms with Gasteiger partial charge in [-0.15, -0.1) is 0 Å². The molecule has 0 radical (unpaired) electrons. The van der Waals surface area contributed by atoms with E-state index in [4.69, 9.17) is 11.6 Å². The zero-order valence-corrected chi connectivity index (χ0v) is 16.5. The molecule has 0 bridgehead atoms. The topological polar surface area (TPSA) is 119 Å². The zero-order valence-electron chi connectivity index (χ0n) is 15.8. The van der Waals surface area contributed by atoms with E-state index in [0.717, 1.165) is 5.56 Å². The summed E-state index contributed by atoms with van der Waals surface area (Å²) in [7, 11) is 0. The number of hydrogen-bond donors (Lipinski definition) is 2. The van der Waals surface area contributed by atoms with Crippen LogP contribution in [-0.2, 0) is 9.59 Å². The van der Waals surface area contributed by atoms with E-state index in [9.17, 15) is 19.7 Å². The van der Waals surface area contributed by atoms with Gasteiger partial charge in [-0.1, -0.05) is 29.8 Å². The molecular weight excluding hydrogens is 410 g/mol. The normalized spacial score (nSPS) is 14.9. The summed E-state index contributed by atoms with van der Waals surface area (Å²) in [5.41, 5.74) is 2.36. The first kappa shape index (κ1) is 19.6. The first-order valence-corrected chi connectivity index (χ1v) is 9.40. The quantitative estimate of drug-likeness (QED) is 0.474. The molecule has 1 atom stereocenters. The monoisotopic (exact) mass is 425 g/mol. The maximum absolute atomic E-state index is 12.6. The molecule has 2 N–H and O–H groups in total. The minimum atomic E-state index is -0.827. The fourth-order valence-corrected chi connectivity index (χ4v) is 3.51. The molecule has 0 fully saturated rings. The van der Waals surface area contributed by atoms with Crippen LogP contribution >= 0.6 is 11.6 Å². The van der Waals surface area contributed by atoms with Crippen LogP contribution in [0, 0.1) is 17.0 Å². The molecule has 2 aromatic carbocycles. The van der Waals surface area contributed by atoms with Gasteiger partial charge in [0.05, 0.1) is 23.2 Å². The number of nitrogens with one attached hydrogen (secondary N) is 2. The van der Waals surface area contributed by atoms with Gasteiger partial charge in [-0.3, -0.25) is 19.7 Å². The van der Waals surface area contributed by atoms with Crippen molar-refractivity contribution in [1.82, 2.24) is 9.78 Å². The van der Waals surface area contributed by atoms with Crippen molar-refractivity contribution in [3.05, 3.63) is 69.4 Å². The van der Waals surface area contributed by atoms with Gasteiger partial charge >= 0.3 is 0 Å². The third-order valence-corrected chi connectivity index (χ3v) is 5.09. The standard InChI is InChI=1S/C20H16ClN5O4/c1-11-5-6-14(26(29)30)8-16(11)23-18(27)9-17-20(28)24-19-15(10-22-25(17)19)12-3-2-4-13(21)7-12/h2-8,10,17H,9H2,1H3,(H,23,27)(H,24,28). The number of nitro benzene ring substituents is 1. The number of nitrogens with zero attached hydrogens (tertiary/aromatic N) is 3. The lowest BCUT2D eigenvalue weighted by atomic mass is 10.1. The SMILES string of the molecule is Cc1ccc([N+](=O)[O-])cc1NC(=O)CC1C(=O)Nc2c(-c3cccc(Cl)c3)cnn21. The van der Waals surface area contributed by atoms with E-state index in [1.807, 2.05) is 6.07 Å². The van der Waals surface area contributed by atoms with Gasteiger partial charge in [0.25, 0.3) is 11.6 Å². The number of aromatic nitrogens is 2. The number of amides is 2. The van der Waals surface area contributed by atoms with E-state index in [0.29, 0.717) is 27.7 Å². The highest BCUT2D eigenvalue weighted by molar-refractivity contribution is 6.30. The fourth-order valence-electron chi connectivity index (χ4n) is 3.32. The number of hydrogen-bond acceptors (Lipinski definition) is 5. The van der Waals surface area contributed by atoms with Crippen molar-refractivity contribution < 1.29 is 14.5 Å². The number of fused-ring (bicyclic) bond motifs is 1. The molecular formula is C20H16ClN5O4. The molecule has 9 nitrogen and oxygen atoms in total. The first-order chi connectivity index (χ1) is 14.3. The molecule has 1 aliphatic rings. The second-order valence-corrected chi connectivity index (χ2v) is 7.31. The Morgan fingerprint density at radius 1 is 1.33 bits per heavy atom. The van der Waals surface area contributed by atoms with Crippen molar-refractivity contribution in [3.63, 3.8) is 0 Å². The lowest BCUT2D eigenvalue weighted by molar-refractivity contribution is -0.384. The number of aryl methyl sites for hydroxylation is 1. The number of non-ortho nitro benzene ring substituents is 1. The second kappa shape index (κ2) is 7.60. The van der Waals surface area contributed by atoms with Crippen LogP contribution < -0.4 is 10.6 Å². The van der Waals surface area contributed by atoms with Crippen molar-refractivity contribution in [1.29, 1.82) is 0 Å². The van der Waals surface area contributed by atoms with Crippen LogP contribution in [0.1, 0.15) is 18.0 Å². The Morgan fingerprint density at radius 3 is 2.87 bits per heavy atom. The Morgan fingerprint density at radius 2 is 2.13 bits per heavy atom. The van der Waals surface area contributed by atoms with Crippen molar-refractivity contribution >= 4 is 40.6 Å². The highest BCUT2D eigenvalue weighted by Gasteiger charge is 2.35. The number of nitro groups is 1. The molecule has 2 heterocycles. The molecule has 10 heteroatoms. The number of carbonyl (C=O) groups excluding carboxylic acids is 2. The Hall–Kier alpha value is -3.72. The summed E-state index contributed by atoms with van der Waals surface area (Å²) >= 11 is 6.05. The third-order valence-electron chi connectivity index (χ3n) is 4.86. The molecule has 30 heavy (non-hydrogen) atoms. The first-order valence-electron chi connectivity index (χ1n) is 9.02. The molecule has 2 amide bonds. The van der Waals surface area contributed by atoms with Crippen LogP contribution in [0.2, 0.25) is 5.02 Å². The molecule has 4 rings (SSSR count). The second-order valence-electron chi connectivity index (χ2n) is 6.88. The van der Waals surface area contributed by atoms with E-state index in [1.165, 1.54) is 16.8 Å². The molecule has 0 saturated heterocycles. The number of rotatable bonds is 5. The van der Waals surface area contributed by atoms with Crippen LogP contribution in [0.3, 0.4) is 0 Å². The fraction of sp³-hybridized carbons (Fsp3) is 0.150. The Balaban J connectivity index is 1.55. The Kier molecular flexibility index (Phi) is 4.96. The molecule has 0 aliphatic carbocycles. The summed E-state index contributed by atoms with van der Waals surface area (Å²) in [5.74, 6) is -0.315. The van der Waals surface area contributed by atoms with Crippen molar-refractivity contribution in [2.24, 2.45) is 0 Å². The van der Waals surface area contributed by atoms with Crippen LogP contribution in [-0.4, -0.2) is 26.5 Å². The van der Waals surface area contributed by atoms with Gasteiger partial charge in [0.2, 0.25) is 5.91 Å². The van der Waals surface area contributed by atoms with E-state index < -0.39 is 16.9 Å². The van der Waals surface area contributed by atoms with E-state index in [1.54, 1.807) is 37.4 Å². The molecule has 1 aromatic heterocycles. The minimum absolute atomic E-state index is 0.130. The average molecular weight is 426 g/mol. The minimum Gasteiger partial charge on any atom is -0.326 e.